The lowest BCUT2D eigenvalue weighted by Crippen LogP contribution is -2.29. The third kappa shape index (κ3) is 5.05. The number of carbonyl (C=O) groups excluding carboxylic acids is 1. The van der Waals surface area contributed by atoms with E-state index in [0.29, 0.717) is 22.1 Å². The van der Waals surface area contributed by atoms with Crippen LogP contribution >= 0.6 is 0 Å². The van der Waals surface area contributed by atoms with Gasteiger partial charge in [0.15, 0.2) is 12.4 Å². The molecule has 1 N–H and O–H groups in total. The molecule has 0 aliphatic heterocycles. The maximum atomic E-state index is 12.8. The van der Waals surface area contributed by atoms with Gasteiger partial charge in [0.1, 0.15) is 5.75 Å². The van der Waals surface area contributed by atoms with E-state index in [9.17, 15) is 26.4 Å². The Morgan fingerprint density at radius 3 is 2.21 bits per heavy atom. The molecular weight excluding hydrogens is 515 g/mol. The average molecular weight is 536 g/mol. The van der Waals surface area contributed by atoms with Crippen molar-refractivity contribution in [3.05, 3.63) is 109 Å². The van der Waals surface area contributed by atoms with Crippen molar-refractivity contribution >= 4 is 43.0 Å². The molecule has 0 heterocycles. The average Bonchev–Trinajstić information content (AvgIpc) is 2.90. The number of ether oxygens (including phenoxy) is 1. The summed E-state index contributed by atoms with van der Waals surface area (Å²) >= 11 is 0. The lowest BCUT2D eigenvalue weighted by Gasteiger charge is -2.13. The molecule has 5 aromatic rings. The normalized spacial score (nSPS) is 12.0. The van der Waals surface area contributed by atoms with Crippen LogP contribution in [0.1, 0.15) is 10.4 Å². The van der Waals surface area contributed by atoms with Crippen molar-refractivity contribution in [2.24, 2.45) is 0 Å². The fourth-order valence-electron chi connectivity index (χ4n) is 4.20. The van der Waals surface area contributed by atoms with Crippen LogP contribution in [0.3, 0.4) is 0 Å². The Labute approximate surface area is 216 Å². The number of hydrogen-bond donors (Lipinski definition) is 1. The van der Waals surface area contributed by atoms with Crippen LogP contribution in [0.4, 0.5) is 18.9 Å². The zero-order chi connectivity index (χ0) is 26.9. The van der Waals surface area contributed by atoms with E-state index < -0.39 is 15.5 Å². The maximum absolute atomic E-state index is 12.8. The van der Waals surface area contributed by atoms with Gasteiger partial charge in [0.2, 0.25) is 0 Å². The fraction of sp³-hybridized carbons (Fsp3) is 0.0690. The summed E-state index contributed by atoms with van der Waals surface area (Å²) in [5.41, 5.74) is -3.16. The second-order valence-corrected chi connectivity index (χ2v) is 10.2. The Balaban J connectivity index is 1.31. The molecule has 0 saturated heterocycles. The van der Waals surface area contributed by atoms with Gasteiger partial charge in [-0.2, -0.15) is 21.6 Å². The van der Waals surface area contributed by atoms with E-state index in [-0.39, 0.29) is 18.1 Å². The number of sulfonamides is 1. The highest BCUT2D eigenvalue weighted by Crippen LogP contribution is 2.31. The molecule has 0 radical (unpaired) electrons. The van der Waals surface area contributed by atoms with E-state index >= 15 is 0 Å². The number of Topliss-reactive ketones (excluding diaryl/α,β-unsaturated/α-hetero) is 1. The number of rotatable bonds is 7. The molecule has 9 heteroatoms. The summed E-state index contributed by atoms with van der Waals surface area (Å²) < 4.78 is 68.1. The van der Waals surface area contributed by atoms with E-state index in [1.54, 1.807) is 30.3 Å². The third-order valence-corrected chi connectivity index (χ3v) is 7.18. The van der Waals surface area contributed by atoms with Crippen molar-refractivity contribution in [3.8, 4) is 16.9 Å². The molecule has 5 rings (SSSR count). The number of alkyl halides is 3. The predicted molar refractivity (Wildman–Crippen MR) is 142 cm³/mol. The van der Waals surface area contributed by atoms with Crippen molar-refractivity contribution < 1.29 is 31.1 Å². The smallest absolute Gasteiger partial charge is 0.485 e. The number of hydrogen-bond acceptors (Lipinski definition) is 4. The van der Waals surface area contributed by atoms with Gasteiger partial charge in [-0.1, -0.05) is 78.9 Å². The largest absolute Gasteiger partial charge is 0.516 e. The van der Waals surface area contributed by atoms with Gasteiger partial charge in [0, 0.05) is 16.6 Å². The molecule has 0 atom stereocenters. The van der Waals surface area contributed by atoms with Gasteiger partial charge in [-0.15, -0.1) is 0 Å². The van der Waals surface area contributed by atoms with Gasteiger partial charge in [-0.3, -0.25) is 9.52 Å². The van der Waals surface area contributed by atoms with Crippen LogP contribution in [0, 0.1) is 0 Å². The number of nitrogens with one attached hydrogen (secondary N) is 1. The van der Waals surface area contributed by atoms with Crippen molar-refractivity contribution in [1.29, 1.82) is 0 Å². The van der Waals surface area contributed by atoms with Crippen LogP contribution in [-0.2, 0) is 10.0 Å². The van der Waals surface area contributed by atoms with E-state index in [4.69, 9.17) is 4.74 Å². The molecule has 192 valence electrons. The minimum absolute atomic E-state index is 0.241. The monoisotopic (exact) mass is 535 g/mol. The second-order valence-electron chi connectivity index (χ2n) is 8.56. The molecule has 0 aromatic heterocycles. The fourth-order valence-corrected chi connectivity index (χ4v) is 4.75. The highest BCUT2D eigenvalue weighted by Gasteiger charge is 2.46. The molecule has 5 aromatic carbocycles. The SMILES string of the molecule is O=C(COc1cccc2cc(NS(=O)(=O)C(F)(F)F)ccc12)c1ccc(-c2cccc3ccccc23)cc1. The zero-order valence-corrected chi connectivity index (χ0v) is 20.5. The van der Waals surface area contributed by atoms with Gasteiger partial charge < -0.3 is 4.74 Å². The number of carbonyl (C=O) groups is 1. The van der Waals surface area contributed by atoms with Crippen LogP contribution in [0.15, 0.2) is 103 Å². The molecule has 38 heavy (non-hydrogen) atoms. The molecule has 0 aliphatic rings. The molecule has 0 amide bonds. The predicted octanol–water partition coefficient (Wildman–Crippen LogP) is 7.18. The summed E-state index contributed by atoms with van der Waals surface area (Å²) in [4.78, 5) is 12.8. The van der Waals surface area contributed by atoms with Gasteiger partial charge in [0.25, 0.3) is 0 Å². The lowest BCUT2D eigenvalue weighted by molar-refractivity contribution is -0.0429. The Kier molecular flexibility index (Phi) is 6.54. The van der Waals surface area contributed by atoms with Crippen molar-refractivity contribution in [3.63, 3.8) is 0 Å². The summed E-state index contributed by atoms with van der Waals surface area (Å²) in [6.45, 7) is -0.255. The standard InChI is InChI=1S/C29H20F3NO4S/c30-29(31,32)38(35,36)33-23-15-16-26-22(17-23)7-4-10-28(26)37-18-27(34)21-13-11-20(12-14-21)25-9-3-6-19-5-1-2-8-24(19)25/h1-17,33H,18H2. The quantitative estimate of drug-likeness (QED) is 0.224. The molecule has 0 aliphatic carbocycles. The number of fused-ring (bicyclic) bond motifs is 2. The minimum atomic E-state index is -5.54. The van der Waals surface area contributed by atoms with Crippen molar-refractivity contribution in [2.75, 3.05) is 11.3 Å². The Morgan fingerprint density at radius 2 is 1.45 bits per heavy atom. The van der Waals surface area contributed by atoms with E-state index in [2.05, 4.69) is 6.07 Å². The first kappa shape index (κ1) is 25.3. The van der Waals surface area contributed by atoms with Crippen molar-refractivity contribution in [2.45, 2.75) is 5.51 Å². The molecule has 0 saturated carbocycles. The van der Waals surface area contributed by atoms with Crippen LogP contribution in [-0.4, -0.2) is 26.3 Å². The first-order chi connectivity index (χ1) is 18.1. The first-order valence-corrected chi connectivity index (χ1v) is 13.0. The summed E-state index contributed by atoms with van der Waals surface area (Å²) in [5.74, 6) is 0.0921. The van der Waals surface area contributed by atoms with Gasteiger partial charge in [-0.05, 0) is 51.6 Å². The number of halogens is 3. The molecule has 0 fully saturated rings. The molecule has 0 bridgehead atoms. The van der Waals surface area contributed by atoms with Crippen LogP contribution < -0.4 is 9.46 Å². The molecule has 0 unspecified atom stereocenters. The number of anilines is 1. The molecule has 5 nitrogen and oxygen atoms in total. The van der Waals surface area contributed by atoms with E-state index in [1.807, 2.05) is 48.5 Å². The third-order valence-electron chi connectivity index (χ3n) is 6.06. The Morgan fingerprint density at radius 1 is 0.763 bits per heavy atom. The topological polar surface area (TPSA) is 72.5 Å². The lowest BCUT2D eigenvalue weighted by atomic mass is 9.97. The summed E-state index contributed by atoms with van der Waals surface area (Å²) in [7, 11) is -5.54. The summed E-state index contributed by atoms with van der Waals surface area (Å²) in [6.07, 6.45) is 0. The zero-order valence-electron chi connectivity index (χ0n) is 19.7. The van der Waals surface area contributed by atoms with Crippen LogP contribution in [0.5, 0.6) is 5.75 Å². The minimum Gasteiger partial charge on any atom is -0.485 e. The van der Waals surface area contributed by atoms with Gasteiger partial charge in [0.05, 0.1) is 0 Å². The second kappa shape index (κ2) is 9.83. The Hall–Kier alpha value is -4.37. The number of benzene rings is 5. The maximum Gasteiger partial charge on any atom is 0.516 e. The molecular formula is C29H20F3NO4S. The summed E-state index contributed by atoms with van der Waals surface area (Å²) in [5, 5.41) is 3.19. The van der Waals surface area contributed by atoms with Crippen LogP contribution in [0.2, 0.25) is 0 Å². The van der Waals surface area contributed by atoms with Gasteiger partial charge in [-0.25, -0.2) is 0 Å². The first-order valence-electron chi connectivity index (χ1n) is 11.5. The van der Waals surface area contributed by atoms with Crippen molar-refractivity contribution in [1.82, 2.24) is 0 Å². The molecule has 0 spiro atoms. The van der Waals surface area contributed by atoms with E-state index in [1.165, 1.54) is 22.9 Å². The van der Waals surface area contributed by atoms with E-state index in [0.717, 1.165) is 21.9 Å². The number of ketones is 1. The van der Waals surface area contributed by atoms with Crippen LogP contribution in [0.25, 0.3) is 32.7 Å². The summed E-state index contributed by atoms with van der Waals surface area (Å²) in [6, 6.07) is 30.1. The van der Waals surface area contributed by atoms with Gasteiger partial charge >= 0.3 is 15.5 Å². The highest BCUT2D eigenvalue weighted by atomic mass is 32.2. The Bertz CT molecular complexity index is 1760. The highest BCUT2D eigenvalue weighted by molar-refractivity contribution is 7.93.